The van der Waals surface area contributed by atoms with Gasteiger partial charge in [0.25, 0.3) is 0 Å². The second-order valence-corrected chi connectivity index (χ2v) is 6.21. The van der Waals surface area contributed by atoms with Crippen LogP contribution in [0, 0.1) is 17.8 Å². The first-order valence-corrected chi connectivity index (χ1v) is 6.65. The number of amides is 1. The molecule has 1 heterocycles. The molecule has 5 nitrogen and oxygen atoms in total. The number of carboxylic acid groups (broad SMARTS) is 1. The lowest BCUT2D eigenvalue weighted by molar-refractivity contribution is -0.126. The molecule has 1 unspecified atom stereocenters. The van der Waals surface area contributed by atoms with Crippen molar-refractivity contribution in [1.29, 1.82) is 0 Å². The molecule has 2 saturated carbocycles. The van der Waals surface area contributed by atoms with Gasteiger partial charge >= 0.3 is 6.09 Å². The van der Waals surface area contributed by atoms with Gasteiger partial charge in [-0.3, -0.25) is 4.79 Å². The molecule has 0 radical (unpaired) electrons. The summed E-state index contributed by atoms with van der Waals surface area (Å²) in [4.78, 5) is 23.0. The van der Waals surface area contributed by atoms with Gasteiger partial charge in [0.15, 0.2) is 5.78 Å². The molecule has 0 spiro atoms. The van der Waals surface area contributed by atoms with Crippen LogP contribution in [0.15, 0.2) is 0 Å². The standard InChI is InChI=1S/C13H19NO4/c1-13(6-18-13)11(15)10(14-12(16)17)4-7-2-8-5-9(8)3-7/h7-10,14H,2-6H2,1H3,(H,16,17)/t7?,8-,9+,10-,13-/m0/s1. The average molecular weight is 253 g/mol. The van der Waals surface area contributed by atoms with Crippen LogP contribution >= 0.6 is 0 Å². The summed E-state index contributed by atoms with van der Waals surface area (Å²) in [6.07, 6.45) is 3.17. The maximum Gasteiger partial charge on any atom is 0.405 e. The van der Waals surface area contributed by atoms with Gasteiger partial charge in [0.05, 0.1) is 12.6 Å². The van der Waals surface area contributed by atoms with Crippen LogP contribution in [-0.4, -0.2) is 35.2 Å². The van der Waals surface area contributed by atoms with Crippen molar-refractivity contribution in [3.8, 4) is 0 Å². The van der Waals surface area contributed by atoms with Crippen LogP contribution in [0.5, 0.6) is 0 Å². The maximum atomic E-state index is 12.2. The number of ketones is 1. The molecule has 1 amide bonds. The van der Waals surface area contributed by atoms with Gasteiger partial charge in [-0.05, 0) is 50.4 Å². The first-order chi connectivity index (χ1) is 8.48. The normalized spacial score (nSPS) is 41.9. The highest BCUT2D eigenvalue weighted by Crippen LogP contribution is 2.55. The molecule has 18 heavy (non-hydrogen) atoms. The lowest BCUT2D eigenvalue weighted by Gasteiger charge is -2.21. The zero-order chi connectivity index (χ0) is 12.9. The lowest BCUT2D eigenvalue weighted by atomic mass is 9.89. The number of ether oxygens (including phenoxy) is 1. The molecule has 0 aromatic heterocycles. The smallest absolute Gasteiger partial charge is 0.405 e. The Labute approximate surface area is 106 Å². The largest absolute Gasteiger partial charge is 0.465 e. The molecule has 100 valence electrons. The first kappa shape index (κ1) is 12.0. The minimum absolute atomic E-state index is 0.106. The van der Waals surface area contributed by atoms with E-state index in [1.807, 2.05) is 0 Å². The van der Waals surface area contributed by atoms with Crippen molar-refractivity contribution in [2.75, 3.05) is 6.61 Å². The van der Waals surface area contributed by atoms with E-state index in [9.17, 15) is 9.59 Å². The first-order valence-electron chi connectivity index (χ1n) is 6.65. The van der Waals surface area contributed by atoms with E-state index in [1.165, 1.54) is 6.42 Å². The number of carbonyl (C=O) groups excluding carboxylic acids is 1. The van der Waals surface area contributed by atoms with Gasteiger partial charge in [0.1, 0.15) is 5.60 Å². The molecule has 0 aromatic rings. The Morgan fingerprint density at radius 1 is 1.39 bits per heavy atom. The van der Waals surface area contributed by atoms with Gasteiger partial charge in [-0.2, -0.15) is 0 Å². The summed E-state index contributed by atoms with van der Waals surface area (Å²) in [7, 11) is 0. The van der Waals surface area contributed by atoms with E-state index in [2.05, 4.69) is 5.32 Å². The van der Waals surface area contributed by atoms with Crippen LogP contribution in [0.3, 0.4) is 0 Å². The molecule has 5 atom stereocenters. The summed E-state index contributed by atoms with van der Waals surface area (Å²) in [6, 6.07) is -0.600. The van der Waals surface area contributed by atoms with E-state index in [-0.39, 0.29) is 5.78 Å². The van der Waals surface area contributed by atoms with Crippen molar-refractivity contribution in [2.24, 2.45) is 17.8 Å². The van der Waals surface area contributed by atoms with Gasteiger partial charge in [-0.1, -0.05) is 0 Å². The Hall–Kier alpha value is -1.10. The monoisotopic (exact) mass is 253 g/mol. The van der Waals surface area contributed by atoms with E-state index >= 15 is 0 Å². The van der Waals surface area contributed by atoms with Crippen LogP contribution < -0.4 is 5.32 Å². The predicted octanol–water partition coefficient (Wildman–Crippen LogP) is 1.42. The molecule has 2 N–H and O–H groups in total. The topological polar surface area (TPSA) is 78.9 Å². The summed E-state index contributed by atoms with van der Waals surface area (Å²) in [5.41, 5.74) is -0.741. The second-order valence-electron chi connectivity index (χ2n) is 6.21. The fourth-order valence-corrected chi connectivity index (χ4v) is 3.37. The molecular weight excluding hydrogens is 234 g/mol. The Kier molecular flexibility index (Phi) is 2.62. The number of epoxide rings is 1. The zero-order valence-electron chi connectivity index (χ0n) is 10.5. The number of Topliss-reactive ketones (excluding diaryl/α,β-unsaturated/α-hetero) is 1. The Bertz CT molecular complexity index is 380. The van der Waals surface area contributed by atoms with Crippen molar-refractivity contribution in [3.05, 3.63) is 0 Å². The number of nitrogens with one attached hydrogen (secondary N) is 1. The summed E-state index contributed by atoms with van der Waals surface area (Å²) in [5.74, 6) is 2.09. The van der Waals surface area contributed by atoms with E-state index < -0.39 is 17.7 Å². The molecule has 5 heteroatoms. The van der Waals surface area contributed by atoms with Gasteiger partial charge in [0, 0.05) is 0 Å². The lowest BCUT2D eigenvalue weighted by Crippen LogP contribution is -2.46. The quantitative estimate of drug-likeness (QED) is 0.726. The van der Waals surface area contributed by atoms with Gasteiger partial charge in [-0.25, -0.2) is 4.79 Å². The summed E-state index contributed by atoms with van der Waals surface area (Å²) in [5, 5.41) is 11.2. The third-order valence-corrected chi connectivity index (χ3v) is 4.62. The van der Waals surface area contributed by atoms with E-state index in [1.54, 1.807) is 6.92 Å². The number of hydrogen-bond donors (Lipinski definition) is 2. The summed E-state index contributed by atoms with van der Waals surface area (Å²) >= 11 is 0. The highest BCUT2D eigenvalue weighted by molar-refractivity contribution is 5.95. The Morgan fingerprint density at radius 3 is 2.50 bits per heavy atom. The van der Waals surface area contributed by atoms with Crippen molar-refractivity contribution < 1.29 is 19.4 Å². The molecule has 3 rings (SSSR count). The van der Waals surface area contributed by atoms with E-state index in [0.29, 0.717) is 18.9 Å². The number of rotatable bonds is 5. The average Bonchev–Trinajstić information content (AvgIpc) is 3.18. The minimum Gasteiger partial charge on any atom is -0.465 e. The van der Waals surface area contributed by atoms with Crippen LogP contribution in [-0.2, 0) is 9.53 Å². The van der Waals surface area contributed by atoms with Crippen molar-refractivity contribution in [2.45, 2.75) is 44.2 Å². The van der Waals surface area contributed by atoms with Gasteiger partial charge in [0.2, 0.25) is 0 Å². The van der Waals surface area contributed by atoms with Crippen LogP contribution in [0.2, 0.25) is 0 Å². The third kappa shape index (κ3) is 2.23. The number of fused-ring (bicyclic) bond motifs is 1. The summed E-state index contributed by atoms with van der Waals surface area (Å²) in [6.45, 7) is 2.15. The minimum atomic E-state index is -1.12. The van der Waals surface area contributed by atoms with Gasteiger partial charge < -0.3 is 15.2 Å². The van der Waals surface area contributed by atoms with Gasteiger partial charge in [-0.15, -0.1) is 0 Å². The molecule has 0 aromatic carbocycles. The SMILES string of the molecule is C[C@@]1(C(=O)[C@H](CC2C[C@@H]3C[C@@H]3C2)NC(=O)O)CO1. The molecule has 3 aliphatic rings. The van der Waals surface area contributed by atoms with E-state index in [4.69, 9.17) is 9.84 Å². The highest BCUT2D eigenvalue weighted by atomic mass is 16.6. The predicted molar refractivity (Wildman–Crippen MR) is 63.3 cm³/mol. The van der Waals surface area contributed by atoms with E-state index in [0.717, 1.165) is 24.7 Å². The van der Waals surface area contributed by atoms with Crippen molar-refractivity contribution in [3.63, 3.8) is 0 Å². The Balaban J connectivity index is 1.61. The van der Waals surface area contributed by atoms with Crippen molar-refractivity contribution >= 4 is 11.9 Å². The van der Waals surface area contributed by atoms with Crippen LogP contribution in [0.4, 0.5) is 4.79 Å². The van der Waals surface area contributed by atoms with Crippen molar-refractivity contribution in [1.82, 2.24) is 5.32 Å². The molecule has 2 aliphatic carbocycles. The number of hydrogen-bond acceptors (Lipinski definition) is 3. The van der Waals surface area contributed by atoms with Crippen LogP contribution in [0.25, 0.3) is 0 Å². The molecule has 1 saturated heterocycles. The van der Waals surface area contributed by atoms with Crippen LogP contribution in [0.1, 0.15) is 32.6 Å². The maximum absolute atomic E-state index is 12.2. The molecule has 1 aliphatic heterocycles. The molecular formula is C13H19NO4. The zero-order valence-corrected chi connectivity index (χ0v) is 10.5. The second kappa shape index (κ2) is 3.95. The highest BCUT2D eigenvalue weighted by Gasteiger charge is 2.52. The number of carbonyl (C=O) groups is 2. The Morgan fingerprint density at radius 2 is 2.00 bits per heavy atom. The molecule has 3 fully saturated rings. The summed E-state index contributed by atoms with van der Waals surface area (Å²) < 4.78 is 5.13. The fourth-order valence-electron chi connectivity index (χ4n) is 3.37. The fraction of sp³-hybridized carbons (Fsp3) is 0.846. The molecule has 0 bridgehead atoms. The third-order valence-electron chi connectivity index (χ3n) is 4.62.